The van der Waals surface area contributed by atoms with Crippen LogP contribution < -0.4 is 5.56 Å². The third kappa shape index (κ3) is 3.43. The van der Waals surface area contributed by atoms with Gasteiger partial charge in [0, 0.05) is 16.5 Å². The highest BCUT2D eigenvalue weighted by Crippen LogP contribution is 2.37. The van der Waals surface area contributed by atoms with Crippen molar-refractivity contribution in [1.82, 2.24) is 14.5 Å². The predicted molar refractivity (Wildman–Crippen MR) is 116 cm³/mol. The lowest BCUT2D eigenvalue weighted by Crippen LogP contribution is -2.23. The maximum absolute atomic E-state index is 13.3. The summed E-state index contributed by atoms with van der Waals surface area (Å²) in [5.74, 6) is 0.597. The van der Waals surface area contributed by atoms with E-state index in [0.717, 1.165) is 11.1 Å². The summed E-state index contributed by atoms with van der Waals surface area (Å²) >= 11 is 7.88. The van der Waals surface area contributed by atoms with Gasteiger partial charge in [-0.2, -0.15) is 0 Å². The molecule has 1 atom stereocenters. The topological polar surface area (TPSA) is 47.8 Å². The van der Waals surface area contributed by atoms with E-state index in [1.54, 1.807) is 16.8 Å². The van der Waals surface area contributed by atoms with Crippen molar-refractivity contribution >= 4 is 34.3 Å². The van der Waals surface area contributed by atoms with Gasteiger partial charge in [0.05, 0.1) is 10.9 Å². The molecule has 4 nitrogen and oxygen atoms in total. The number of rotatable bonds is 4. The van der Waals surface area contributed by atoms with E-state index in [-0.39, 0.29) is 10.8 Å². The summed E-state index contributed by atoms with van der Waals surface area (Å²) in [4.78, 5) is 22.6. The fourth-order valence-corrected chi connectivity index (χ4v) is 4.55. The molecule has 0 aliphatic heterocycles. The molecule has 2 aromatic heterocycles. The van der Waals surface area contributed by atoms with Gasteiger partial charge < -0.3 is 0 Å². The summed E-state index contributed by atoms with van der Waals surface area (Å²) < 4.78 is 1.61. The van der Waals surface area contributed by atoms with Crippen molar-refractivity contribution in [3.63, 3.8) is 0 Å². The van der Waals surface area contributed by atoms with E-state index in [1.807, 2.05) is 61.5 Å². The maximum Gasteiger partial charge on any atom is 0.267 e. The molecule has 0 saturated carbocycles. The fraction of sp³-hybridized carbons (Fsp3) is 0.136. The number of pyridine rings is 1. The van der Waals surface area contributed by atoms with E-state index >= 15 is 0 Å². The first-order valence-corrected chi connectivity index (χ1v) is 10.2. The van der Waals surface area contributed by atoms with Gasteiger partial charge in [-0.25, -0.2) is 14.5 Å². The molecule has 0 amide bonds. The molecule has 0 N–H and O–H groups in total. The number of thioether (sulfide) groups is 1. The number of hydrogen-bond acceptors (Lipinski definition) is 4. The lowest BCUT2D eigenvalue weighted by molar-refractivity contribution is 0.786. The fourth-order valence-electron chi connectivity index (χ4n) is 3.12. The number of nitrogens with zero attached hydrogens (tertiary/aromatic N) is 3. The van der Waals surface area contributed by atoms with Gasteiger partial charge in [0.15, 0.2) is 5.16 Å². The lowest BCUT2D eigenvalue weighted by Gasteiger charge is -2.17. The van der Waals surface area contributed by atoms with Crippen molar-refractivity contribution in [1.29, 1.82) is 0 Å². The summed E-state index contributed by atoms with van der Waals surface area (Å²) in [6.45, 7) is 4.00. The van der Waals surface area contributed by atoms with Crippen molar-refractivity contribution in [2.24, 2.45) is 0 Å². The number of aromatic nitrogens is 3. The van der Waals surface area contributed by atoms with Crippen LogP contribution >= 0.6 is 23.4 Å². The SMILES string of the molecule is Cc1cccnc1-n1c(SC(C)c2ccccc2Cl)nc2ccccc2c1=O. The maximum atomic E-state index is 13.3. The second-order valence-corrected chi connectivity index (χ2v) is 8.19. The Morgan fingerprint density at radius 1 is 1.04 bits per heavy atom. The minimum atomic E-state index is -0.124. The molecule has 0 fully saturated rings. The third-order valence-corrected chi connectivity index (χ3v) is 6.00. The Labute approximate surface area is 172 Å². The van der Waals surface area contributed by atoms with Crippen molar-refractivity contribution in [2.75, 3.05) is 0 Å². The van der Waals surface area contributed by atoms with Crippen LogP contribution in [-0.4, -0.2) is 14.5 Å². The Kier molecular flexibility index (Phi) is 5.20. The summed E-state index contributed by atoms with van der Waals surface area (Å²) in [6.07, 6.45) is 1.69. The van der Waals surface area contributed by atoms with E-state index in [9.17, 15) is 4.79 Å². The molecule has 1 unspecified atom stereocenters. The Morgan fingerprint density at radius 2 is 1.79 bits per heavy atom. The minimum absolute atomic E-state index is 0.0111. The largest absolute Gasteiger partial charge is 0.268 e. The average Bonchev–Trinajstić information content (AvgIpc) is 2.69. The van der Waals surface area contributed by atoms with E-state index in [1.165, 1.54) is 11.8 Å². The highest BCUT2D eigenvalue weighted by Gasteiger charge is 2.19. The van der Waals surface area contributed by atoms with Gasteiger partial charge in [0.2, 0.25) is 0 Å². The molecule has 2 heterocycles. The predicted octanol–water partition coefficient (Wildman–Crippen LogP) is 5.60. The lowest BCUT2D eigenvalue weighted by atomic mass is 10.2. The van der Waals surface area contributed by atoms with Crippen molar-refractivity contribution in [3.8, 4) is 5.82 Å². The minimum Gasteiger partial charge on any atom is -0.268 e. The molecule has 0 aliphatic carbocycles. The number of halogens is 1. The number of hydrogen-bond donors (Lipinski definition) is 0. The van der Waals surface area contributed by atoms with Gasteiger partial charge in [-0.05, 0) is 49.2 Å². The van der Waals surface area contributed by atoms with Crippen LogP contribution in [0.1, 0.15) is 23.3 Å². The van der Waals surface area contributed by atoms with Gasteiger partial charge in [0.1, 0.15) is 5.82 Å². The van der Waals surface area contributed by atoms with Gasteiger partial charge in [-0.3, -0.25) is 4.79 Å². The third-order valence-electron chi connectivity index (χ3n) is 4.56. The molecule has 0 radical (unpaired) electrons. The molecule has 0 bridgehead atoms. The number of para-hydroxylation sites is 1. The van der Waals surface area contributed by atoms with Crippen LogP contribution in [0.5, 0.6) is 0 Å². The Morgan fingerprint density at radius 3 is 2.57 bits per heavy atom. The monoisotopic (exact) mass is 407 g/mol. The number of fused-ring (bicyclic) bond motifs is 1. The van der Waals surface area contributed by atoms with Crippen molar-refractivity contribution in [3.05, 3.63) is 93.4 Å². The zero-order valence-electron chi connectivity index (χ0n) is 15.5. The molecule has 4 rings (SSSR count). The van der Waals surface area contributed by atoms with Crippen LogP contribution in [0.2, 0.25) is 5.02 Å². The zero-order valence-corrected chi connectivity index (χ0v) is 17.0. The van der Waals surface area contributed by atoms with Crippen LogP contribution in [-0.2, 0) is 0 Å². The Bertz CT molecular complexity index is 1220. The van der Waals surface area contributed by atoms with E-state index < -0.39 is 0 Å². The molecular weight excluding hydrogens is 390 g/mol. The first-order chi connectivity index (χ1) is 13.6. The molecule has 28 heavy (non-hydrogen) atoms. The van der Waals surface area contributed by atoms with Gasteiger partial charge in [-0.15, -0.1) is 0 Å². The van der Waals surface area contributed by atoms with Gasteiger partial charge >= 0.3 is 0 Å². The van der Waals surface area contributed by atoms with Crippen LogP contribution in [0.4, 0.5) is 0 Å². The molecule has 0 aliphatic rings. The van der Waals surface area contributed by atoms with Crippen LogP contribution in [0.25, 0.3) is 16.7 Å². The molecule has 6 heteroatoms. The van der Waals surface area contributed by atoms with Gasteiger partial charge in [-0.1, -0.05) is 59.8 Å². The molecule has 0 spiro atoms. The Hall–Kier alpha value is -2.63. The second kappa shape index (κ2) is 7.78. The van der Waals surface area contributed by atoms with Crippen molar-refractivity contribution in [2.45, 2.75) is 24.3 Å². The first-order valence-electron chi connectivity index (χ1n) is 8.91. The van der Waals surface area contributed by atoms with Crippen LogP contribution in [0, 0.1) is 6.92 Å². The molecule has 4 aromatic rings. The summed E-state index contributed by atoms with van der Waals surface area (Å²) in [5, 5.41) is 1.88. The molecule has 140 valence electrons. The summed E-state index contributed by atoms with van der Waals surface area (Å²) in [7, 11) is 0. The highest BCUT2D eigenvalue weighted by molar-refractivity contribution is 7.99. The number of benzene rings is 2. The Balaban J connectivity index is 1.92. The molecule has 0 saturated heterocycles. The average molecular weight is 408 g/mol. The van der Waals surface area contributed by atoms with Crippen LogP contribution in [0.3, 0.4) is 0 Å². The van der Waals surface area contributed by atoms with Crippen molar-refractivity contribution < 1.29 is 0 Å². The molecule has 2 aromatic carbocycles. The normalized spacial score (nSPS) is 12.2. The van der Waals surface area contributed by atoms with Gasteiger partial charge in [0.25, 0.3) is 5.56 Å². The zero-order chi connectivity index (χ0) is 19.7. The second-order valence-electron chi connectivity index (χ2n) is 6.48. The van der Waals surface area contributed by atoms with E-state index in [4.69, 9.17) is 16.6 Å². The highest BCUT2D eigenvalue weighted by atomic mass is 35.5. The number of aryl methyl sites for hydroxylation is 1. The van der Waals surface area contributed by atoms with E-state index in [2.05, 4.69) is 11.9 Å². The summed E-state index contributed by atoms with van der Waals surface area (Å²) in [5.41, 5.74) is 2.46. The smallest absolute Gasteiger partial charge is 0.267 e. The molecular formula is C22H18ClN3OS. The first kappa shape index (κ1) is 18.7. The quantitative estimate of drug-likeness (QED) is 0.326. The van der Waals surface area contributed by atoms with Crippen LogP contribution in [0.15, 0.2) is 76.8 Å². The van der Waals surface area contributed by atoms with E-state index in [0.29, 0.717) is 26.9 Å². The summed E-state index contributed by atoms with van der Waals surface area (Å²) in [6, 6.07) is 18.9. The standard InChI is InChI=1S/C22H18ClN3OS/c1-14-8-7-13-24-20(14)26-21(27)17-10-4-6-12-19(17)25-22(26)28-15(2)16-9-3-5-11-18(16)23/h3-13,15H,1-2H3.